The third-order valence-electron chi connectivity index (χ3n) is 5.48. The van der Waals surface area contributed by atoms with Gasteiger partial charge in [0.15, 0.2) is 8.32 Å². The molecule has 23 heavy (non-hydrogen) atoms. The van der Waals surface area contributed by atoms with E-state index in [0.717, 1.165) is 26.1 Å². The SMILES string of the molecule is CC(C)(C)[Si](C)(C)OC1CCN(Cc2ccccc2)CC1CO. The Hall–Kier alpha value is -0.683. The third kappa shape index (κ3) is 4.89. The molecule has 1 aliphatic rings. The van der Waals surface area contributed by atoms with Gasteiger partial charge in [0, 0.05) is 32.2 Å². The maximum absolute atomic E-state index is 9.85. The van der Waals surface area contributed by atoms with E-state index in [2.05, 4.69) is 69.1 Å². The average Bonchev–Trinajstić information content (AvgIpc) is 2.48. The highest BCUT2D eigenvalue weighted by atomic mass is 28.4. The number of piperidine rings is 1. The van der Waals surface area contributed by atoms with Crippen LogP contribution < -0.4 is 0 Å². The summed E-state index contributed by atoms with van der Waals surface area (Å²) in [5.41, 5.74) is 1.34. The van der Waals surface area contributed by atoms with Gasteiger partial charge in [-0.2, -0.15) is 0 Å². The minimum atomic E-state index is -1.78. The molecule has 1 aromatic carbocycles. The van der Waals surface area contributed by atoms with E-state index < -0.39 is 8.32 Å². The molecule has 0 aliphatic carbocycles. The summed E-state index contributed by atoms with van der Waals surface area (Å²) in [6.07, 6.45) is 1.22. The smallest absolute Gasteiger partial charge is 0.192 e. The minimum absolute atomic E-state index is 0.202. The lowest BCUT2D eigenvalue weighted by Crippen LogP contribution is -2.52. The van der Waals surface area contributed by atoms with E-state index in [9.17, 15) is 5.11 Å². The summed E-state index contributed by atoms with van der Waals surface area (Å²) in [7, 11) is -1.78. The van der Waals surface area contributed by atoms with E-state index in [-0.39, 0.29) is 23.7 Å². The van der Waals surface area contributed by atoms with Gasteiger partial charge in [0.1, 0.15) is 0 Å². The molecule has 0 spiro atoms. The van der Waals surface area contributed by atoms with Gasteiger partial charge >= 0.3 is 0 Å². The van der Waals surface area contributed by atoms with E-state index in [1.54, 1.807) is 0 Å². The first-order valence-electron chi connectivity index (χ1n) is 8.78. The van der Waals surface area contributed by atoms with Crippen LogP contribution in [0, 0.1) is 5.92 Å². The van der Waals surface area contributed by atoms with Crippen LogP contribution in [-0.4, -0.2) is 44.1 Å². The van der Waals surface area contributed by atoms with E-state index in [0.29, 0.717) is 0 Å². The van der Waals surface area contributed by atoms with Crippen molar-refractivity contribution < 1.29 is 9.53 Å². The molecular formula is C19H33NO2Si. The Morgan fingerprint density at radius 2 is 1.87 bits per heavy atom. The molecule has 2 rings (SSSR count). The lowest BCUT2D eigenvalue weighted by Gasteiger charge is -2.45. The fourth-order valence-corrected chi connectivity index (χ4v) is 4.38. The van der Waals surface area contributed by atoms with Gasteiger partial charge in [0.25, 0.3) is 0 Å². The Balaban J connectivity index is 1.96. The molecule has 1 aromatic rings. The molecule has 0 radical (unpaired) electrons. The fourth-order valence-electron chi connectivity index (χ4n) is 2.96. The molecule has 0 bridgehead atoms. The molecule has 0 saturated carbocycles. The van der Waals surface area contributed by atoms with Crippen molar-refractivity contribution in [1.82, 2.24) is 4.90 Å². The Bertz CT molecular complexity index is 484. The number of aliphatic hydroxyl groups is 1. The minimum Gasteiger partial charge on any atom is -0.413 e. The van der Waals surface area contributed by atoms with Gasteiger partial charge in [-0.3, -0.25) is 4.90 Å². The molecule has 0 aromatic heterocycles. The van der Waals surface area contributed by atoms with E-state index in [4.69, 9.17) is 4.43 Å². The molecule has 2 unspecified atom stereocenters. The third-order valence-corrected chi connectivity index (χ3v) is 9.99. The highest BCUT2D eigenvalue weighted by molar-refractivity contribution is 6.74. The number of aliphatic hydroxyl groups excluding tert-OH is 1. The Kier molecular flexibility index (Phi) is 6.06. The summed E-state index contributed by atoms with van der Waals surface area (Å²) in [5.74, 6) is 0.224. The fraction of sp³-hybridized carbons (Fsp3) is 0.684. The van der Waals surface area contributed by atoms with Crippen LogP contribution in [0.4, 0.5) is 0 Å². The van der Waals surface area contributed by atoms with Crippen LogP contribution in [-0.2, 0) is 11.0 Å². The number of rotatable bonds is 5. The molecule has 1 saturated heterocycles. The predicted molar refractivity (Wildman–Crippen MR) is 99.0 cm³/mol. The molecule has 1 N–H and O–H groups in total. The standard InChI is InChI=1S/C19H33NO2Si/c1-19(2,3)23(4,5)22-18-11-12-20(14-17(18)15-21)13-16-9-7-6-8-10-16/h6-10,17-18,21H,11-15H2,1-5H3. The summed E-state index contributed by atoms with van der Waals surface area (Å²) >= 11 is 0. The zero-order chi connectivity index (χ0) is 17.1. The molecule has 1 heterocycles. The molecule has 130 valence electrons. The van der Waals surface area contributed by atoms with Gasteiger partial charge in [0.05, 0.1) is 6.10 Å². The number of hydrogen-bond acceptors (Lipinski definition) is 3. The maximum Gasteiger partial charge on any atom is 0.192 e. The van der Waals surface area contributed by atoms with Gasteiger partial charge in [-0.1, -0.05) is 51.1 Å². The van der Waals surface area contributed by atoms with Gasteiger partial charge in [-0.25, -0.2) is 0 Å². The summed E-state index contributed by atoms with van der Waals surface area (Å²) in [4.78, 5) is 2.45. The van der Waals surface area contributed by atoms with Crippen molar-refractivity contribution >= 4 is 8.32 Å². The van der Waals surface area contributed by atoms with E-state index in [1.165, 1.54) is 5.56 Å². The summed E-state index contributed by atoms with van der Waals surface area (Å²) < 4.78 is 6.60. The molecule has 1 fully saturated rings. The molecule has 2 atom stereocenters. The molecule has 4 heteroatoms. The average molecular weight is 336 g/mol. The predicted octanol–water partition coefficient (Wildman–Crippen LogP) is 3.89. The van der Waals surface area contributed by atoms with Gasteiger partial charge < -0.3 is 9.53 Å². The van der Waals surface area contributed by atoms with Crippen LogP contribution in [0.25, 0.3) is 0 Å². The Morgan fingerprint density at radius 3 is 2.43 bits per heavy atom. The molecule has 3 nitrogen and oxygen atoms in total. The first kappa shape index (κ1) is 18.7. The summed E-state index contributed by atoms with van der Waals surface area (Å²) in [6, 6.07) is 10.6. The van der Waals surface area contributed by atoms with Crippen molar-refractivity contribution in [2.45, 2.75) is 58.0 Å². The van der Waals surface area contributed by atoms with Crippen molar-refractivity contribution in [2.24, 2.45) is 5.92 Å². The van der Waals surface area contributed by atoms with Gasteiger partial charge in [-0.05, 0) is 30.1 Å². The monoisotopic (exact) mass is 335 g/mol. The van der Waals surface area contributed by atoms with Crippen molar-refractivity contribution in [2.75, 3.05) is 19.7 Å². The second-order valence-corrected chi connectivity index (χ2v) is 13.1. The van der Waals surface area contributed by atoms with Crippen molar-refractivity contribution in [3.63, 3.8) is 0 Å². The molecule has 0 amide bonds. The van der Waals surface area contributed by atoms with Crippen LogP contribution in [0.2, 0.25) is 18.1 Å². The lowest BCUT2D eigenvalue weighted by molar-refractivity contribution is 0.00509. The summed E-state index contributed by atoms with van der Waals surface area (Å²) in [5, 5.41) is 10.1. The van der Waals surface area contributed by atoms with Crippen LogP contribution in [0.5, 0.6) is 0 Å². The Morgan fingerprint density at radius 1 is 1.22 bits per heavy atom. The Labute approximate surface area is 142 Å². The lowest BCUT2D eigenvalue weighted by atomic mass is 9.95. The number of hydrogen-bond donors (Lipinski definition) is 1. The van der Waals surface area contributed by atoms with Crippen molar-refractivity contribution in [3.8, 4) is 0 Å². The molecule has 1 aliphatic heterocycles. The van der Waals surface area contributed by atoms with E-state index in [1.807, 2.05) is 0 Å². The zero-order valence-corrected chi connectivity index (χ0v) is 16.4. The quantitative estimate of drug-likeness (QED) is 0.829. The zero-order valence-electron chi connectivity index (χ0n) is 15.4. The number of nitrogens with zero attached hydrogens (tertiary/aromatic N) is 1. The van der Waals surface area contributed by atoms with Crippen LogP contribution in [0.1, 0.15) is 32.8 Å². The summed E-state index contributed by atoms with van der Waals surface area (Å²) in [6.45, 7) is 14.6. The number of benzene rings is 1. The molecular weight excluding hydrogens is 302 g/mol. The first-order valence-corrected chi connectivity index (χ1v) is 11.7. The highest BCUT2D eigenvalue weighted by Gasteiger charge is 2.41. The van der Waals surface area contributed by atoms with Crippen molar-refractivity contribution in [1.29, 1.82) is 0 Å². The van der Waals surface area contributed by atoms with Crippen LogP contribution >= 0.6 is 0 Å². The second kappa shape index (κ2) is 7.47. The largest absolute Gasteiger partial charge is 0.413 e. The highest BCUT2D eigenvalue weighted by Crippen LogP contribution is 2.39. The van der Waals surface area contributed by atoms with Crippen molar-refractivity contribution in [3.05, 3.63) is 35.9 Å². The van der Waals surface area contributed by atoms with Gasteiger partial charge in [-0.15, -0.1) is 0 Å². The van der Waals surface area contributed by atoms with Gasteiger partial charge in [0.2, 0.25) is 0 Å². The van der Waals surface area contributed by atoms with Crippen LogP contribution in [0.3, 0.4) is 0 Å². The van der Waals surface area contributed by atoms with Crippen LogP contribution in [0.15, 0.2) is 30.3 Å². The van der Waals surface area contributed by atoms with E-state index >= 15 is 0 Å². The normalized spacial score (nSPS) is 23.9. The topological polar surface area (TPSA) is 32.7 Å². The number of likely N-dealkylation sites (tertiary alicyclic amines) is 1. The maximum atomic E-state index is 9.85. The second-order valence-electron chi connectivity index (χ2n) is 8.37. The first-order chi connectivity index (χ1) is 10.7.